The topological polar surface area (TPSA) is 98.2 Å². The Morgan fingerprint density at radius 2 is 1.96 bits per heavy atom. The number of hydrogen-bond acceptors (Lipinski definition) is 6. The molecule has 2 heterocycles. The minimum absolute atomic E-state index is 0.0774. The fraction of sp³-hybridized carbons (Fsp3) is 0.375. The summed E-state index contributed by atoms with van der Waals surface area (Å²) in [5.41, 5.74) is 6.76. The van der Waals surface area contributed by atoms with Gasteiger partial charge in [-0.25, -0.2) is 4.98 Å². The monoisotopic (exact) mass is 313 g/mol. The van der Waals surface area contributed by atoms with Gasteiger partial charge in [-0.2, -0.15) is 4.98 Å². The summed E-state index contributed by atoms with van der Waals surface area (Å²) in [6, 6.07) is 10.5. The Bertz CT molecular complexity index is 684. The lowest BCUT2D eigenvalue weighted by atomic mass is 9.90. The van der Waals surface area contributed by atoms with Crippen molar-refractivity contribution >= 4 is 17.5 Å². The van der Waals surface area contributed by atoms with Gasteiger partial charge >= 0.3 is 5.69 Å². The van der Waals surface area contributed by atoms with Crippen LogP contribution in [0.3, 0.4) is 0 Å². The number of hydrogen-bond donors (Lipinski definition) is 1. The van der Waals surface area contributed by atoms with Gasteiger partial charge in [0.05, 0.1) is 4.92 Å². The number of rotatable bonds is 4. The van der Waals surface area contributed by atoms with Gasteiger partial charge in [-0.3, -0.25) is 10.1 Å². The van der Waals surface area contributed by atoms with Crippen LogP contribution in [0.1, 0.15) is 18.4 Å². The van der Waals surface area contributed by atoms with E-state index in [9.17, 15) is 10.1 Å². The Labute approximate surface area is 134 Å². The van der Waals surface area contributed by atoms with Crippen LogP contribution in [-0.4, -0.2) is 28.0 Å². The number of anilines is 2. The normalized spacial score (nSPS) is 15.6. The maximum atomic E-state index is 10.8. The smallest absolute Gasteiger partial charge is 0.329 e. The van der Waals surface area contributed by atoms with E-state index in [2.05, 4.69) is 34.2 Å². The largest absolute Gasteiger partial charge is 0.378 e. The number of nitrogens with zero attached hydrogens (tertiary/aromatic N) is 4. The van der Waals surface area contributed by atoms with Crippen LogP contribution in [0.25, 0.3) is 0 Å². The van der Waals surface area contributed by atoms with E-state index in [-0.39, 0.29) is 11.5 Å². The second-order valence-corrected chi connectivity index (χ2v) is 5.82. The molecule has 1 aliphatic rings. The molecule has 1 saturated heterocycles. The van der Waals surface area contributed by atoms with Crippen LogP contribution < -0.4 is 10.6 Å². The molecule has 2 N–H and O–H groups in total. The molecule has 23 heavy (non-hydrogen) atoms. The molecule has 0 radical (unpaired) electrons. The van der Waals surface area contributed by atoms with Crippen molar-refractivity contribution < 1.29 is 4.92 Å². The van der Waals surface area contributed by atoms with Crippen molar-refractivity contribution in [3.63, 3.8) is 0 Å². The van der Waals surface area contributed by atoms with E-state index in [4.69, 9.17) is 5.73 Å². The maximum absolute atomic E-state index is 10.8. The molecular weight excluding hydrogens is 294 g/mol. The Morgan fingerprint density at radius 3 is 2.57 bits per heavy atom. The molecule has 1 aromatic heterocycles. The molecule has 0 spiro atoms. The second kappa shape index (κ2) is 6.60. The van der Waals surface area contributed by atoms with Crippen molar-refractivity contribution in [3.05, 3.63) is 52.2 Å². The summed E-state index contributed by atoms with van der Waals surface area (Å²) in [6.45, 7) is 1.68. The standard InChI is InChI=1S/C16H19N5O2/c17-15-14(21(22)23)11-18-16(19-15)20-8-6-13(7-9-20)10-12-4-2-1-3-5-12/h1-5,11,13H,6-10H2,(H2,17,18,19). The van der Waals surface area contributed by atoms with E-state index >= 15 is 0 Å². The molecule has 7 nitrogen and oxygen atoms in total. The van der Waals surface area contributed by atoms with Gasteiger partial charge in [-0.15, -0.1) is 0 Å². The van der Waals surface area contributed by atoms with Crippen molar-refractivity contribution in [2.45, 2.75) is 19.3 Å². The number of piperidine rings is 1. The van der Waals surface area contributed by atoms with E-state index in [1.165, 1.54) is 11.8 Å². The van der Waals surface area contributed by atoms with Crippen molar-refractivity contribution in [2.24, 2.45) is 5.92 Å². The summed E-state index contributed by atoms with van der Waals surface area (Å²) in [6.07, 6.45) is 4.37. The van der Waals surface area contributed by atoms with Crippen LogP contribution in [0.15, 0.2) is 36.5 Å². The number of aromatic nitrogens is 2. The zero-order valence-corrected chi connectivity index (χ0v) is 12.8. The first-order valence-corrected chi connectivity index (χ1v) is 7.69. The zero-order valence-electron chi connectivity index (χ0n) is 12.8. The summed E-state index contributed by atoms with van der Waals surface area (Å²) in [5.74, 6) is 1.04. The predicted molar refractivity (Wildman–Crippen MR) is 88.2 cm³/mol. The molecule has 0 saturated carbocycles. The average molecular weight is 313 g/mol. The zero-order chi connectivity index (χ0) is 16.2. The third-order valence-electron chi connectivity index (χ3n) is 4.25. The third-order valence-corrected chi connectivity index (χ3v) is 4.25. The summed E-state index contributed by atoms with van der Waals surface area (Å²) in [5, 5.41) is 10.8. The highest BCUT2D eigenvalue weighted by Gasteiger charge is 2.23. The van der Waals surface area contributed by atoms with Gasteiger partial charge in [0.2, 0.25) is 11.8 Å². The first-order valence-electron chi connectivity index (χ1n) is 7.69. The summed E-state index contributed by atoms with van der Waals surface area (Å²) in [7, 11) is 0. The van der Waals surface area contributed by atoms with Gasteiger partial charge < -0.3 is 10.6 Å². The minimum Gasteiger partial charge on any atom is -0.378 e. The number of nitrogen functional groups attached to an aromatic ring is 1. The molecular formula is C16H19N5O2. The number of benzene rings is 1. The highest BCUT2D eigenvalue weighted by molar-refractivity contribution is 5.53. The first-order chi connectivity index (χ1) is 11.1. The lowest BCUT2D eigenvalue weighted by Crippen LogP contribution is -2.35. The number of nitro groups is 1. The molecule has 1 fully saturated rings. The van der Waals surface area contributed by atoms with Crippen LogP contribution in [0, 0.1) is 16.0 Å². The quantitative estimate of drug-likeness (QED) is 0.687. The molecule has 1 aliphatic heterocycles. The van der Waals surface area contributed by atoms with E-state index in [1.807, 2.05) is 11.0 Å². The van der Waals surface area contributed by atoms with Crippen LogP contribution in [0.4, 0.5) is 17.5 Å². The highest BCUT2D eigenvalue weighted by Crippen LogP contribution is 2.26. The van der Waals surface area contributed by atoms with Gasteiger partial charge in [0.15, 0.2) is 0 Å². The van der Waals surface area contributed by atoms with Gasteiger partial charge in [0.1, 0.15) is 6.20 Å². The maximum Gasteiger partial charge on any atom is 0.329 e. The molecule has 0 atom stereocenters. The Kier molecular flexibility index (Phi) is 4.36. The average Bonchev–Trinajstić information content (AvgIpc) is 2.56. The number of nitrogens with two attached hydrogens (primary N) is 1. The van der Waals surface area contributed by atoms with Gasteiger partial charge in [-0.1, -0.05) is 30.3 Å². The van der Waals surface area contributed by atoms with Gasteiger partial charge in [-0.05, 0) is 30.7 Å². The Balaban J connectivity index is 1.60. The lowest BCUT2D eigenvalue weighted by Gasteiger charge is -2.32. The molecule has 7 heteroatoms. The Morgan fingerprint density at radius 1 is 1.26 bits per heavy atom. The Hall–Kier alpha value is -2.70. The van der Waals surface area contributed by atoms with Crippen LogP contribution in [0.2, 0.25) is 0 Å². The molecule has 0 unspecified atom stereocenters. The molecule has 3 rings (SSSR count). The molecule has 1 aromatic carbocycles. The van der Waals surface area contributed by atoms with E-state index in [1.54, 1.807) is 0 Å². The molecule has 0 bridgehead atoms. The molecule has 2 aromatic rings. The van der Waals surface area contributed by atoms with Crippen LogP contribution in [-0.2, 0) is 6.42 Å². The predicted octanol–water partition coefficient (Wildman–Crippen LogP) is 2.43. The SMILES string of the molecule is Nc1nc(N2CCC(Cc3ccccc3)CC2)ncc1[N+](=O)[O-]. The highest BCUT2D eigenvalue weighted by atomic mass is 16.6. The van der Waals surface area contributed by atoms with E-state index in [0.717, 1.165) is 32.4 Å². The lowest BCUT2D eigenvalue weighted by molar-refractivity contribution is -0.384. The minimum atomic E-state index is -0.564. The fourth-order valence-electron chi connectivity index (χ4n) is 2.96. The molecule has 0 amide bonds. The van der Waals surface area contributed by atoms with Crippen molar-refractivity contribution in [1.82, 2.24) is 9.97 Å². The summed E-state index contributed by atoms with van der Waals surface area (Å²) in [4.78, 5) is 20.4. The van der Waals surface area contributed by atoms with Crippen molar-refractivity contribution in [3.8, 4) is 0 Å². The van der Waals surface area contributed by atoms with Crippen LogP contribution >= 0.6 is 0 Å². The van der Waals surface area contributed by atoms with Crippen molar-refractivity contribution in [1.29, 1.82) is 0 Å². The molecule has 120 valence electrons. The third kappa shape index (κ3) is 3.56. The summed E-state index contributed by atoms with van der Waals surface area (Å²) >= 11 is 0. The van der Waals surface area contributed by atoms with E-state index < -0.39 is 4.92 Å². The first kappa shape index (κ1) is 15.2. The van der Waals surface area contributed by atoms with Crippen LogP contribution in [0.5, 0.6) is 0 Å². The second-order valence-electron chi connectivity index (χ2n) is 5.82. The fourth-order valence-corrected chi connectivity index (χ4v) is 2.96. The van der Waals surface area contributed by atoms with Gasteiger partial charge in [0, 0.05) is 13.1 Å². The summed E-state index contributed by atoms with van der Waals surface area (Å²) < 4.78 is 0. The molecule has 0 aliphatic carbocycles. The van der Waals surface area contributed by atoms with Gasteiger partial charge in [0.25, 0.3) is 0 Å². The van der Waals surface area contributed by atoms with E-state index in [0.29, 0.717) is 11.9 Å². The van der Waals surface area contributed by atoms with Crippen molar-refractivity contribution in [2.75, 3.05) is 23.7 Å².